The normalized spacial score (nSPS) is 15.3. The number of hydrogen-bond acceptors (Lipinski definition) is 3. The average Bonchev–Trinajstić information content (AvgIpc) is 2.03. The van der Waals surface area contributed by atoms with Crippen LogP contribution in [0.2, 0.25) is 0 Å². The zero-order valence-corrected chi connectivity index (χ0v) is 7.92. The fourth-order valence-electron chi connectivity index (χ4n) is 0.765. The van der Waals surface area contributed by atoms with Crippen LogP contribution in [0.1, 0.15) is 20.3 Å². The molecule has 0 spiro atoms. The highest BCUT2D eigenvalue weighted by Gasteiger charge is 2.11. The Morgan fingerprint density at radius 3 is 2.50 bits per heavy atom. The molecule has 72 valence electrons. The molecule has 12 heavy (non-hydrogen) atoms. The third-order valence-electron chi connectivity index (χ3n) is 1.78. The van der Waals surface area contributed by atoms with Crippen molar-refractivity contribution >= 4 is 5.91 Å². The van der Waals surface area contributed by atoms with E-state index in [2.05, 4.69) is 10.6 Å². The molecule has 2 unspecified atom stereocenters. The van der Waals surface area contributed by atoms with Crippen LogP contribution >= 0.6 is 0 Å². The van der Waals surface area contributed by atoms with Crippen molar-refractivity contribution in [3.63, 3.8) is 0 Å². The molecule has 4 nitrogen and oxygen atoms in total. The highest BCUT2D eigenvalue weighted by atomic mass is 16.3. The van der Waals surface area contributed by atoms with E-state index in [4.69, 9.17) is 5.11 Å². The number of carbonyl (C=O) groups excluding carboxylic acids is 1. The summed E-state index contributed by atoms with van der Waals surface area (Å²) in [6.07, 6.45) is 0.599. The molecule has 0 rings (SSSR count). The largest absolute Gasteiger partial charge is 0.396 e. The minimum Gasteiger partial charge on any atom is -0.396 e. The van der Waals surface area contributed by atoms with Crippen LogP contribution in [0.25, 0.3) is 0 Å². The third-order valence-corrected chi connectivity index (χ3v) is 1.78. The molecular weight excluding hydrogens is 156 g/mol. The molecule has 0 heterocycles. The fraction of sp³-hybridized carbons (Fsp3) is 0.875. The Bertz CT molecular complexity index is 139. The molecule has 0 aliphatic heterocycles. The van der Waals surface area contributed by atoms with E-state index in [0.717, 1.165) is 0 Å². The maximum Gasteiger partial charge on any atom is 0.237 e. The lowest BCUT2D eigenvalue weighted by molar-refractivity contribution is -0.123. The van der Waals surface area contributed by atoms with Gasteiger partial charge < -0.3 is 15.7 Å². The van der Waals surface area contributed by atoms with Gasteiger partial charge in [0.15, 0.2) is 0 Å². The van der Waals surface area contributed by atoms with Gasteiger partial charge in [0, 0.05) is 12.6 Å². The maximum absolute atomic E-state index is 11.2. The van der Waals surface area contributed by atoms with Gasteiger partial charge in [-0.3, -0.25) is 4.79 Å². The Balaban J connectivity index is 3.67. The number of nitrogens with one attached hydrogen (secondary N) is 2. The van der Waals surface area contributed by atoms with E-state index in [1.54, 1.807) is 14.0 Å². The van der Waals surface area contributed by atoms with Crippen molar-refractivity contribution in [2.24, 2.45) is 0 Å². The van der Waals surface area contributed by atoms with Gasteiger partial charge in [-0.05, 0) is 27.3 Å². The Labute approximate surface area is 73.3 Å². The molecular formula is C8H18N2O2. The Morgan fingerprint density at radius 1 is 1.50 bits per heavy atom. The molecule has 4 heteroatoms. The van der Waals surface area contributed by atoms with Crippen LogP contribution in [0, 0.1) is 0 Å². The second-order valence-electron chi connectivity index (χ2n) is 2.93. The smallest absolute Gasteiger partial charge is 0.237 e. The molecule has 0 radical (unpaired) electrons. The molecule has 0 saturated heterocycles. The Morgan fingerprint density at radius 2 is 2.08 bits per heavy atom. The number of aliphatic hydroxyl groups excluding tert-OH is 1. The number of hydrogen-bond donors (Lipinski definition) is 3. The summed E-state index contributed by atoms with van der Waals surface area (Å²) in [6.45, 7) is 3.77. The lowest BCUT2D eigenvalue weighted by Gasteiger charge is -2.15. The van der Waals surface area contributed by atoms with Crippen molar-refractivity contribution in [3.05, 3.63) is 0 Å². The third kappa shape index (κ3) is 4.31. The zero-order valence-electron chi connectivity index (χ0n) is 7.92. The monoisotopic (exact) mass is 174 g/mol. The molecule has 0 bridgehead atoms. The van der Waals surface area contributed by atoms with Crippen LogP contribution in [-0.4, -0.2) is 36.8 Å². The summed E-state index contributed by atoms with van der Waals surface area (Å²) in [4.78, 5) is 11.2. The van der Waals surface area contributed by atoms with E-state index in [1.165, 1.54) is 0 Å². The van der Waals surface area contributed by atoms with Crippen LogP contribution in [0.5, 0.6) is 0 Å². The summed E-state index contributed by atoms with van der Waals surface area (Å²) < 4.78 is 0. The van der Waals surface area contributed by atoms with Gasteiger partial charge in [-0.15, -0.1) is 0 Å². The summed E-state index contributed by atoms with van der Waals surface area (Å²) in [7, 11) is 1.74. The minimum atomic E-state index is -0.175. The predicted octanol–water partition coefficient (Wildman–Crippen LogP) is -0.519. The SMILES string of the molecule is CNC(C)C(=O)NC(C)CCO. The molecule has 0 fully saturated rings. The van der Waals surface area contributed by atoms with Crippen molar-refractivity contribution in [2.75, 3.05) is 13.7 Å². The number of amides is 1. The molecule has 0 aromatic carbocycles. The summed E-state index contributed by atoms with van der Waals surface area (Å²) in [6, 6.07) is -0.135. The van der Waals surface area contributed by atoms with Gasteiger partial charge in [0.25, 0.3) is 0 Å². The van der Waals surface area contributed by atoms with E-state index < -0.39 is 0 Å². The summed E-state index contributed by atoms with van der Waals surface area (Å²) in [5.74, 6) is -0.0292. The van der Waals surface area contributed by atoms with Crippen LogP contribution in [0.15, 0.2) is 0 Å². The van der Waals surface area contributed by atoms with Gasteiger partial charge >= 0.3 is 0 Å². The molecule has 0 aromatic rings. The molecule has 0 aliphatic carbocycles. The minimum absolute atomic E-state index is 0.0292. The Kier molecular flexibility index (Phi) is 5.66. The van der Waals surface area contributed by atoms with Crippen LogP contribution in [0.3, 0.4) is 0 Å². The van der Waals surface area contributed by atoms with Crippen molar-refractivity contribution in [2.45, 2.75) is 32.4 Å². The maximum atomic E-state index is 11.2. The van der Waals surface area contributed by atoms with Gasteiger partial charge in [0.05, 0.1) is 6.04 Å². The Hall–Kier alpha value is -0.610. The highest BCUT2D eigenvalue weighted by molar-refractivity contribution is 5.81. The fourth-order valence-corrected chi connectivity index (χ4v) is 0.765. The van der Waals surface area contributed by atoms with E-state index in [-0.39, 0.29) is 24.6 Å². The summed E-state index contributed by atoms with van der Waals surface area (Å²) >= 11 is 0. The number of carbonyl (C=O) groups is 1. The molecule has 0 saturated carbocycles. The first-order valence-electron chi connectivity index (χ1n) is 4.20. The van der Waals surface area contributed by atoms with E-state index in [1.807, 2.05) is 6.92 Å². The number of likely N-dealkylation sites (N-methyl/N-ethyl adjacent to an activating group) is 1. The van der Waals surface area contributed by atoms with Crippen molar-refractivity contribution in [3.8, 4) is 0 Å². The van der Waals surface area contributed by atoms with Crippen LogP contribution in [-0.2, 0) is 4.79 Å². The first kappa shape index (κ1) is 11.4. The standard InChI is InChI=1S/C8H18N2O2/c1-6(4-5-11)10-8(12)7(2)9-3/h6-7,9,11H,4-5H2,1-3H3,(H,10,12). The van der Waals surface area contributed by atoms with E-state index >= 15 is 0 Å². The second kappa shape index (κ2) is 5.97. The first-order valence-corrected chi connectivity index (χ1v) is 4.20. The topological polar surface area (TPSA) is 61.4 Å². The van der Waals surface area contributed by atoms with Crippen LogP contribution in [0.4, 0.5) is 0 Å². The number of rotatable bonds is 5. The van der Waals surface area contributed by atoms with Crippen LogP contribution < -0.4 is 10.6 Å². The second-order valence-corrected chi connectivity index (χ2v) is 2.93. The van der Waals surface area contributed by atoms with Crippen molar-refractivity contribution in [1.82, 2.24) is 10.6 Å². The van der Waals surface area contributed by atoms with Gasteiger partial charge in [0.1, 0.15) is 0 Å². The molecule has 2 atom stereocenters. The average molecular weight is 174 g/mol. The highest BCUT2D eigenvalue weighted by Crippen LogP contribution is 1.90. The van der Waals surface area contributed by atoms with Gasteiger partial charge in [-0.25, -0.2) is 0 Å². The lowest BCUT2D eigenvalue weighted by atomic mass is 10.2. The van der Waals surface area contributed by atoms with Gasteiger partial charge in [-0.2, -0.15) is 0 Å². The van der Waals surface area contributed by atoms with Crippen molar-refractivity contribution < 1.29 is 9.90 Å². The van der Waals surface area contributed by atoms with E-state index in [0.29, 0.717) is 6.42 Å². The molecule has 0 aromatic heterocycles. The molecule has 0 aliphatic rings. The zero-order chi connectivity index (χ0) is 9.56. The lowest BCUT2D eigenvalue weighted by Crippen LogP contribution is -2.44. The van der Waals surface area contributed by atoms with Crippen molar-refractivity contribution in [1.29, 1.82) is 0 Å². The summed E-state index contributed by atoms with van der Waals surface area (Å²) in [5, 5.41) is 14.2. The molecule has 1 amide bonds. The predicted molar refractivity (Wildman–Crippen MR) is 47.8 cm³/mol. The number of aliphatic hydroxyl groups is 1. The summed E-state index contributed by atoms with van der Waals surface area (Å²) in [5.41, 5.74) is 0. The van der Waals surface area contributed by atoms with Gasteiger partial charge in [-0.1, -0.05) is 0 Å². The quantitative estimate of drug-likeness (QED) is 0.525. The molecule has 3 N–H and O–H groups in total. The van der Waals surface area contributed by atoms with E-state index in [9.17, 15) is 4.79 Å². The van der Waals surface area contributed by atoms with Gasteiger partial charge in [0.2, 0.25) is 5.91 Å². The first-order chi connectivity index (χ1) is 5.61.